The van der Waals surface area contributed by atoms with Gasteiger partial charge in [0.2, 0.25) is 0 Å². The van der Waals surface area contributed by atoms with Crippen molar-refractivity contribution in [3.8, 4) is 44.8 Å². The molecule has 0 unspecified atom stereocenters. The lowest BCUT2D eigenvalue weighted by molar-refractivity contribution is 0.668. The summed E-state index contributed by atoms with van der Waals surface area (Å²) in [5.74, 6) is 0. The molecule has 6 heteroatoms. The number of hydrogen-bond acceptors (Lipinski definition) is 4. The number of aryl methyl sites for hydroxylation is 1. The molecule has 14 aromatic rings. The summed E-state index contributed by atoms with van der Waals surface area (Å²) in [5, 5.41) is 7.73. The Hall–Kier alpha value is -9.52. The molecule has 71 heavy (non-hydrogen) atoms. The van der Waals surface area contributed by atoms with Gasteiger partial charge in [-0.2, -0.15) is 0 Å². The van der Waals surface area contributed by atoms with Gasteiger partial charge in [-0.1, -0.05) is 97.6 Å². The summed E-state index contributed by atoms with van der Waals surface area (Å²) >= 11 is 0. The zero-order chi connectivity index (χ0) is 47.2. The second-order valence-corrected chi connectivity index (χ2v) is 18.4. The summed E-state index contributed by atoms with van der Waals surface area (Å²) in [7, 11) is 0. The number of furan rings is 2. The summed E-state index contributed by atoms with van der Waals surface area (Å²) in [6.45, 7) is 6.72. The molecule has 0 aliphatic heterocycles. The maximum Gasteiger partial charge on any atom is 0.138 e. The molecule has 0 bridgehead atoms. The number of nitrogens with zero attached hydrogens (tertiary/aromatic N) is 4. The number of hydrogen-bond donors (Lipinski definition) is 0. The van der Waals surface area contributed by atoms with E-state index in [1.54, 1.807) is 12.4 Å². The molecule has 0 saturated carbocycles. The maximum absolute atomic E-state index is 6.29. The van der Waals surface area contributed by atoms with Crippen molar-refractivity contribution in [2.45, 2.75) is 6.92 Å². The van der Waals surface area contributed by atoms with E-state index in [2.05, 4.69) is 221 Å². The first-order chi connectivity index (χ1) is 35.0. The van der Waals surface area contributed by atoms with Crippen LogP contribution in [-0.4, -0.2) is 19.1 Å². The summed E-state index contributed by atoms with van der Waals surface area (Å²) < 4.78 is 17.2. The molecule has 6 aromatic heterocycles. The number of aromatic nitrogens is 4. The molecule has 0 spiro atoms. The second kappa shape index (κ2) is 16.0. The molecule has 0 atom stereocenters. The van der Waals surface area contributed by atoms with Crippen molar-refractivity contribution >= 4 is 88.2 Å². The van der Waals surface area contributed by atoms with Gasteiger partial charge >= 0.3 is 0 Å². The summed E-state index contributed by atoms with van der Waals surface area (Å²) in [6, 6.07) is 67.3. The van der Waals surface area contributed by atoms with Gasteiger partial charge in [-0.15, -0.1) is 0 Å². The highest BCUT2D eigenvalue weighted by Gasteiger charge is 2.19. The smallest absolute Gasteiger partial charge is 0.138 e. The van der Waals surface area contributed by atoms with Gasteiger partial charge in [-0.25, -0.2) is 0 Å². The molecule has 6 heterocycles. The van der Waals surface area contributed by atoms with Gasteiger partial charge in [-0.05, 0) is 166 Å². The molecule has 0 saturated heterocycles. The molecule has 14 rings (SSSR count). The zero-order valence-corrected chi connectivity index (χ0v) is 38.7. The van der Waals surface area contributed by atoms with E-state index in [0.717, 1.165) is 122 Å². The van der Waals surface area contributed by atoms with E-state index in [0.29, 0.717) is 0 Å². The highest BCUT2D eigenvalue weighted by molar-refractivity contribution is 6.12. The van der Waals surface area contributed by atoms with Crippen LogP contribution in [0.25, 0.3) is 133 Å². The van der Waals surface area contributed by atoms with Crippen LogP contribution in [0.3, 0.4) is 0 Å². The van der Waals surface area contributed by atoms with Crippen LogP contribution in [0.5, 0.6) is 0 Å². The maximum atomic E-state index is 6.29. The number of pyridine rings is 2. The Labute approximate surface area is 408 Å². The molecule has 0 fully saturated rings. The predicted octanol–water partition coefficient (Wildman–Crippen LogP) is 17.4. The van der Waals surface area contributed by atoms with Crippen molar-refractivity contribution < 1.29 is 8.83 Å². The lowest BCUT2D eigenvalue weighted by Crippen LogP contribution is -1.96. The van der Waals surface area contributed by atoms with Crippen LogP contribution >= 0.6 is 0 Å². The van der Waals surface area contributed by atoms with Gasteiger partial charge in [0.15, 0.2) is 0 Å². The largest absolute Gasteiger partial charge is 0.456 e. The highest BCUT2D eigenvalue weighted by atomic mass is 16.3. The SMILES string of the molecule is C=C(/C=C\c1c(C)c2cc(-c3cccc(-c4ccc5c(c4)c4cc(-c6ccc7c(c6)oc6ccncc67)ccc4n5-c4ccccc4)c3)ccc2n1-c1ccccc1)c1ccc2c(c1)oc1ccncc12. The Morgan fingerprint density at radius 1 is 0.423 bits per heavy atom. The lowest BCUT2D eigenvalue weighted by Gasteiger charge is -2.10. The molecular weight excluding hydrogens is 869 g/mol. The van der Waals surface area contributed by atoms with Gasteiger partial charge in [0.05, 0.1) is 16.6 Å². The molecule has 0 radical (unpaired) electrons. The van der Waals surface area contributed by atoms with Crippen molar-refractivity contribution in [3.63, 3.8) is 0 Å². The third kappa shape index (κ3) is 6.64. The second-order valence-electron chi connectivity index (χ2n) is 18.4. The van der Waals surface area contributed by atoms with E-state index in [9.17, 15) is 0 Å². The Balaban J connectivity index is 0.844. The molecule has 0 aliphatic rings. The standard InChI is InChI=1S/C65H42N4O2/c1-40(42-17-22-51-56-38-66-30-28-62(56)70-64(51)36-42)16-24-58-41(2)53-33-45(19-25-59(53)68(58)49-12-5-3-6-13-49)43-10-9-11-44(32-43)46-20-26-60-54(34-46)55-35-47(21-27-61(55)69(60)50-14-7-4-8-15-50)48-18-23-52-57-39-67-31-29-63(57)71-65(52)37-48/h3-39H,1H2,2H3/b24-16-. The third-order valence-corrected chi connectivity index (χ3v) is 14.3. The van der Waals surface area contributed by atoms with E-state index < -0.39 is 0 Å². The first-order valence-corrected chi connectivity index (χ1v) is 23.9. The summed E-state index contributed by atoms with van der Waals surface area (Å²) in [4.78, 5) is 8.64. The van der Waals surface area contributed by atoms with Crippen LogP contribution in [0.2, 0.25) is 0 Å². The van der Waals surface area contributed by atoms with Gasteiger partial charge in [0.25, 0.3) is 0 Å². The monoisotopic (exact) mass is 910 g/mol. The lowest BCUT2D eigenvalue weighted by atomic mass is 9.96. The Kier molecular flexibility index (Phi) is 9.16. The fourth-order valence-corrected chi connectivity index (χ4v) is 10.7. The van der Waals surface area contributed by atoms with E-state index in [1.165, 1.54) is 21.7 Å². The summed E-state index contributed by atoms with van der Waals surface area (Å²) in [5.41, 5.74) is 20.1. The summed E-state index contributed by atoms with van der Waals surface area (Å²) in [6.07, 6.45) is 11.6. The zero-order valence-electron chi connectivity index (χ0n) is 38.7. The van der Waals surface area contributed by atoms with Crippen LogP contribution in [0.15, 0.2) is 234 Å². The minimum Gasteiger partial charge on any atom is -0.456 e. The van der Waals surface area contributed by atoms with E-state index >= 15 is 0 Å². The number of fused-ring (bicyclic) bond motifs is 10. The van der Waals surface area contributed by atoms with Crippen molar-refractivity contribution in [1.29, 1.82) is 0 Å². The number of para-hydroxylation sites is 2. The fourth-order valence-electron chi connectivity index (χ4n) is 10.7. The Bertz CT molecular complexity index is 4490. The molecule has 0 amide bonds. The highest BCUT2D eigenvalue weighted by Crippen LogP contribution is 2.41. The van der Waals surface area contributed by atoms with E-state index in [-0.39, 0.29) is 0 Å². The predicted molar refractivity (Wildman–Crippen MR) is 293 cm³/mol. The minimum absolute atomic E-state index is 0.823. The quantitative estimate of drug-likeness (QED) is 0.143. The first kappa shape index (κ1) is 40.5. The van der Waals surface area contributed by atoms with Crippen molar-refractivity contribution in [3.05, 3.63) is 242 Å². The minimum atomic E-state index is 0.823. The number of allylic oxidation sites excluding steroid dienone is 2. The van der Waals surface area contributed by atoms with Crippen molar-refractivity contribution in [2.24, 2.45) is 0 Å². The van der Waals surface area contributed by atoms with Gasteiger partial charge in [-0.3, -0.25) is 9.97 Å². The van der Waals surface area contributed by atoms with Crippen LogP contribution in [-0.2, 0) is 0 Å². The van der Waals surface area contributed by atoms with Gasteiger partial charge in [0, 0.05) is 79.6 Å². The number of rotatable bonds is 8. The van der Waals surface area contributed by atoms with Crippen molar-refractivity contribution in [1.82, 2.24) is 19.1 Å². The normalized spacial score (nSPS) is 12.0. The number of benzene rings is 8. The van der Waals surface area contributed by atoms with Gasteiger partial charge < -0.3 is 18.0 Å². The molecule has 334 valence electrons. The molecule has 0 aliphatic carbocycles. The van der Waals surface area contributed by atoms with Crippen LogP contribution in [0, 0.1) is 6.92 Å². The Morgan fingerprint density at radius 2 is 0.915 bits per heavy atom. The van der Waals surface area contributed by atoms with Crippen LogP contribution < -0.4 is 0 Å². The molecule has 8 aromatic carbocycles. The molecule has 0 N–H and O–H groups in total. The van der Waals surface area contributed by atoms with Crippen molar-refractivity contribution in [2.75, 3.05) is 0 Å². The van der Waals surface area contributed by atoms with E-state index in [4.69, 9.17) is 8.83 Å². The Morgan fingerprint density at radius 3 is 1.52 bits per heavy atom. The van der Waals surface area contributed by atoms with E-state index in [1.807, 2.05) is 24.5 Å². The molecule has 6 nitrogen and oxygen atoms in total. The van der Waals surface area contributed by atoms with Gasteiger partial charge in [0.1, 0.15) is 22.3 Å². The fraction of sp³-hybridized carbons (Fsp3) is 0.0154. The van der Waals surface area contributed by atoms with Crippen LogP contribution in [0.4, 0.5) is 0 Å². The topological polar surface area (TPSA) is 61.9 Å². The average molecular weight is 911 g/mol. The van der Waals surface area contributed by atoms with Crippen LogP contribution in [0.1, 0.15) is 16.8 Å². The first-order valence-electron chi connectivity index (χ1n) is 23.9. The average Bonchev–Trinajstić information content (AvgIpc) is 4.17. The third-order valence-electron chi connectivity index (χ3n) is 14.3. The molecular formula is C65H42N4O2.